The Hall–Kier alpha value is -1.67. The molecule has 0 aromatic heterocycles. The second-order valence-corrected chi connectivity index (χ2v) is 5.20. The Morgan fingerprint density at radius 3 is 2.60 bits per heavy atom. The number of hydrogen-bond donors (Lipinski definition) is 2. The average Bonchev–Trinajstić information content (AvgIpc) is 2.47. The van der Waals surface area contributed by atoms with E-state index in [0.717, 1.165) is 13.0 Å². The van der Waals surface area contributed by atoms with E-state index in [9.17, 15) is 5.11 Å². The van der Waals surface area contributed by atoms with Gasteiger partial charge in [0, 0.05) is 12.2 Å². The van der Waals surface area contributed by atoms with Gasteiger partial charge in [-0.2, -0.15) is 0 Å². The highest BCUT2D eigenvalue weighted by molar-refractivity contribution is 5.85. The summed E-state index contributed by atoms with van der Waals surface area (Å²) in [4.78, 5) is 0. The van der Waals surface area contributed by atoms with E-state index in [-0.39, 0.29) is 12.4 Å². The Bertz CT molecular complexity index is 553. The van der Waals surface area contributed by atoms with Crippen LogP contribution in [0.15, 0.2) is 48.5 Å². The van der Waals surface area contributed by atoms with Crippen LogP contribution in [-0.2, 0) is 6.42 Å². The molecule has 1 aliphatic heterocycles. The fraction of sp³-hybridized carbons (Fsp3) is 0.294. The number of hydrogen-bond acceptors (Lipinski definition) is 2. The van der Waals surface area contributed by atoms with E-state index in [1.165, 1.54) is 29.7 Å². The standard InChI is InChI=1S/C17H19NO.ClH/c19-15-9-6-13(7-10-15)5-8-14-11-12-18-17-4-2-1-3-16(14)17;/h1-4,6-7,9-10,14,18-19H,5,8,11-12H2;1H. The molecular formula is C17H20ClNO. The summed E-state index contributed by atoms with van der Waals surface area (Å²) < 4.78 is 0. The first-order valence-corrected chi connectivity index (χ1v) is 6.93. The summed E-state index contributed by atoms with van der Waals surface area (Å²) >= 11 is 0. The molecule has 0 bridgehead atoms. The summed E-state index contributed by atoms with van der Waals surface area (Å²) in [6.07, 6.45) is 3.44. The molecule has 1 atom stereocenters. The molecular weight excluding hydrogens is 270 g/mol. The zero-order valence-corrected chi connectivity index (χ0v) is 12.2. The summed E-state index contributed by atoms with van der Waals surface area (Å²) in [5.74, 6) is 0.988. The van der Waals surface area contributed by atoms with Crippen molar-refractivity contribution in [2.75, 3.05) is 11.9 Å². The van der Waals surface area contributed by atoms with E-state index < -0.39 is 0 Å². The lowest BCUT2D eigenvalue weighted by atomic mass is 9.86. The number of halogens is 1. The number of aryl methyl sites for hydroxylation is 1. The molecule has 3 rings (SSSR count). The van der Waals surface area contributed by atoms with E-state index >= 15 is 0 Å². The molecule has 0 saturated carbocycles. The van der Waals surface area contributed by atoms with Crippen LogP contribution in [0.1, 0.15) is 29.9 Å². The first-order valence-electron chi connectivity index (χ1n) is 6.93. The maximum Gasteiger partial charge on any atom is 0.115 e. The number of phenolic OH excluding ortho intramolecular Hbond substituents is 1. The minimum Gasteiger partial charge on any atom is -0.508 e. The third-order valence-corrected chi connectivity index (χ3v) is 3.93. The predicted octanol–water partition coefficient (Wildman–Crippen LogP) is 4.35. The van der Waals surface area contributed by atoms with Gasteiger partial charge in [-0.05, 0) is 54.5 Å². The SMILES string of the molecule is Cl.Oc1ccc(CCC2CCNc3ccccc32)cc1. The summed E-state index contributed by atoms with van der Waals surface area (Å²) in [6.45, 7) is 1.07. The van der Waals surface area contributed by atoms with E-state index in [1.807, 2.05) is 12.1 Å². The highest BCUT2D eigenvalue weighted by atomic mass is 35.5. The molecule has 0 radical (unpaired) electrons. The van der Waals surface area contributed by atoms with Gasteiger partial charge in [-0.25, -0.2) is 0 Å². The van der Waals surface area contributed by atoms with Gasteiger partial charge < -0.3 is 10.4 Å². The van der Waals surface area contributed by atoms with Crippen LogP contribution >= 0.6 is 12.4 Å². The lowest BCUT2D eigenvalue weighted by molar-refractivity contribution is 0.475. The van der Waals surface area contributed by atoms with E-state index in [0.29, 0.717) is 11.7 Å². The van der Waals surface area contributed by atoms with Crippen molar-refractivity contribution in [1.82, 2.24) is 0 Å². The van der Waals surface area contributed by atoms with Gasteiger partial charge >= 0.3 is 0 Å². The summed E-state index contributed by atoms with van der Waals surface area (Å²) in [6, 6.07) is 16.2. The average molecular weight is 290 g/mol. The molecule has 106 valence electrons. The lowest BCUT2D eigenvalue weighted by Gasteiger charge is -2.26. The molecule has 1 aliphatic rings. The van der Waals surface area contributed by atoms with Gasteiger partial charge in [-0.3, -0.25) is 0 Å². The molecule has 0 saturated heterocycles. The van der Waals surface area contributed by atoms with Gasteiger partial charge in [0.15, 0.2) is 0 Å². The molecule has 0 fully saturated rings. The predicted molar refractivity (Wildman–Crippen MR) is 86.0 cm³/mol. The number of aromatic hydroxyl groups is 1. The highest BCUT2D eigenvalue weighted by Crippen LogP contribution is 2.34. The number of rotatable bonds is 3. The second-order valence-electron chi connectivity index (χ2n) is 5.20. The van der Waals surface area contributed by atoms with E-state index in [1.54, 1.807) is 12.1 Å². The van der Waals surface area contributed by atoms with Crippen molar-refractivity contribution in [3.05, 3.63) is 59.7 Å². The first kappa shape index (κ1) is 14.7. The maximum absolute atomic E-state index is 9.30. The topological polar surface area (TPSA) is 32.3 Å². The minimum absolute atomic E-state index is 0. The number of nitrogens with one attached hydrogen (secondary N) is 1. The van der Waals surface area contributed by atoms with Crippen molar-refractivity contribution in [3.8, 4) is 5.75 Å². The minimum atomic E-state index is 0. The molecule has 0 aliphatic carbocycles. The quantitative estimate of drug-likeness (QED) is 0.880. The van der Waals surface area contributed by atoms with Crippen LogP contribution in [0.5, 0.6) is 5.75 Å². The molecule has 2 aromatic rings. The molecule has 2 nitrogen and oxygen atoms in total. The summed E-state index contributed by atoms with van der Waals surface area (Å²) in [5, 5.41) is 12.8. The number of benzene rings is 2. The van der Waals surface area contributed by atoms with E-state index in [4.69, 9.17) is 0 Å². The maximum atomic E-state index is 9.30. The van der Waals surface area contributed by atoms with Crippen molar-refractivity contribution >= 4 is 18.1 Å². The molecule has 3 heteroatoms. The normalized spacial score (nSPS) is 16.7. The third kappa shape index (κ3) is 3.26. The fourth-order valence-electron chi connectivity index (χ4n) is 2.85. The van der Waals surface area contributed by atoms with Gasteiger partial charge in [0.1, 0.15) is 5.75 Å². The van der Waals surface area contributed by atoms with Crippen LogP contribution in [0.2, 0.25) is 0 Å². The van der Waals surface area contributed by atoms with Crippen molar-refractivity contribution in [2.24, 2.45) is 0 Å². The van der Waals surface area contributed by atoms with Crippen LogP contribution in [-0.4, -0.2) is 11.7 Å². The zero-order chi connectivity index (χ0) is 13.1. The molecule has 2 N–H and O–H groups in total. The van der Waals surface area contributed by atoms with E-state index in [2.05, 4.69) is 29.6 Å². The summed E-state index contributed by atoms with van der Waals surface area (Å²) in [5.41, 5.74) is 4.05. The Morgan fingerprint density at radius 2 is 1.80 bits per heavy atom. The smallest absolute Gasteiger partial charge is 0.115 e. The third-order valence-electron chi connectivity index (χ3n) is 3.93. The molecule has 0 spiro atoms. The number of phenols is 1. The second kappa shape index (κ2) is 6.67. The van der Waals surface area contributed by atoms with Crippen LogP contribution in [0.25, 0.3) is 0 Å². The number of fused-ring (bicyclic) bond motifs is 1. The molecule has 1 heterocycles. The number of para-hydroxylation sites is 1. The Labute approximate surface area is 126 Å². The van der Waals surface area contributed by atoms with Gasteiger partial charge in [0.05, 0.1) is 0 Å². The van der Waals surface area contributed by atoms with Crippen LogP contribution in [0.3, 0.4) is 0 Å². The molecule has 1 unspecified atom stereocenters. The van der Waals surface area contributed by atoms with Crippen LogP contribution < -0.4 is 5.32 Å². The van der Waals surface area contributed by atoms with Gasteiger partial charge in [0.2, 0.25) is 0 Å². The van der Waals surface area contributed by atoms with Crippen LogP contribution in [0.4, 0.5) is 5.69 Å². The largest absolute Gasteiger partial charge is 0.508 e. The monoisotopic (exact) mass is 289 g/mol. The Balaban J connectivity index is 0.00000147. The van der Waals surface area contributed by atoms with Crippen molar-refractivity contribution in [3.63, 3.8) is 0 Å². The number of anilines is 1. The van der Waals surface area contributed by atoms with Crippen molar-refractivity contribution in [2.45, 2.75) is 25.2 Å². The molecule has 2 aromatic carbocycles. The van der Waals surface area contributed by atoms with Crippen LogP contribution in [0, 0.1) is 0 Å². The molecule has 20 heavy (non-hydrogen) atoms. The Morgan fingerprint density at radius 1 is 1.05 bits per heavy atom. The Kier molecular flexibility index (Phi) is 4.91. The highest BCUT2D eigenvalue weighted by Gasteiger charge is 2.18. The lowest BCUT2D eigenvalue weighted by Crippen LogP contribution is -2.17. The van der Waals surface area contributed by atoms with Gasteiger partial charge in [0.25, 0.3) is 0 Å². The van der Waals surface area contributed by atoms with Gasteiger partial charge in [-0.1, -0.05) is 30.3 Å². The molecule has 0 amide bonds. The first-order chi connectivity index (χ1) is 9.33. The van der Waals surface area contributed by atoms with Crippen molar-refractivity contribution in [1.29, 1.82) is 0 Å². The van der Waals surface area contributed by atoms with Crippen molar-refractivity contribution < 1.29 is 5.11 Å². The van der Waals surface area contributed by atoms with Gasteiger partial charge in [-0.15, -0.1) is 12.4 Å². The fourth-order valence-corrected chi connectivity index (χ4v) is 2.85. The zero-order valence-electron chi connectivity index (χ0n) is 11.4. The summed E-state index contributed by atoms with van der Waals surface area (Å²) in [7, 11) is 0.